The highest BCUT2D eigenvalue weighted by Gasteiger charge is 2.46. The largest absolute Gasteiger partial charge is 0.352 e. The van der Waals surface area contributed by atoms with Crippen LogP contribution in [0.15, 0.2) is 0 Å². The van der Waals surface area contributed by atoms with E-state index in [0.29, 0.717) is 6.04 Å². The summed E-state index contributed by atoms with van der Waals surface area (Å²) in [5.74, 6) is 0.140. The molecule has 2 aliphatic rings. The van der Waals surface area contributed by atoms with Crippen LogP contribution in [-0.4, -0.2) is 69.6 Å². The lowest BCUT2D eigenvalue weighted by molar-refractivity contribution is -0.126. The summed E-state index contributed by atoms with van der Waals surface area (Å²) in [4.78, 5) is 18.1. The fraction of sp³-hybridized carbons (Fsp3) is 0.958. The first-order valence-electron chi connectivity index (χ1n) is 11.6. The number of carbonyl (C=O) groups excluding carboxylic acids is 1. The highest BCUT2D eigenvalue weighted by Crippen LogP contribution is 2.38. The minimum absolute atomic E-state index is 0.0904. The van der Waals surface area contributed by atoms with E-state index in [2.05, 4.69) is 89.8 Å². The topological polar surface area (TPSA) is 47.6 Å². The Kier molecular flexibility index (Phi) is 6.90. The Morgan fingerprint density at radius 3 is 1.69 bits per heavy atom. The third-order valence-corrected chi connectivity index (χ3v) is 7.80. The molecule has 1 amide bonds. The van der Waals surface area contributed by atoms with E-state index in [1.165, 1.54) is 0 Å². The van der Waals surface area contributed by atoms with Crippen molar-refractivity contribution in [2.45, 2.75) is 135 Å². The predicted octanol–water partition coefficient (Wildman–Crippen LogP) is 3.77. The van der Waals surface area contributed by atoms with Crippen LogP contribution in [-0.2, 0) is 4.79 Å². The molecule has 1 atom stereocenters. The number of hydrogen-bond donors (Lipinski definition) is 2. The molecule has 29 heavy (non-hydrogen) atoms. The molecule has 0 aromatic heterocycles. The zero-order valence-electron chi connectivity index (χ0n) is 21.1. The summed E-state index contributed by atoms with van der Waals surface area (Å²) in [5, 5.41) is 7.03. The number of nitrogens with zero attached hydrogens (tertiary/aromatic N) is 2. The summed E-state index contributed by atoms with van der Waals surface area (Å²) in [7, 11) is 2.22. The molecule has 2 heterocycles. The molecule has 0 bridgehead atoms. The molecule has 0 aromatic rings. The Hall–Kier alpha value is -0.650. The molecule has 2 rings (SSSR count). The first kappa shape index (κ1) is 24.6. The third-order valence-electron chi connectivity index (χ3n) is 7.80. The molecule has 2 N–H and O–H groups in total. The van der Waals surface area contributed by atoms with Gasteiger partial charge in [-0.1, -0.05) is 6.92 Å². The maximum atomic E-state index is 13.0. The average Bonchev–Trinajstić information content (AvgIpc) is 2.49. The fourth-order valence-corrected chi connectivity index (χ4v) is 6.52. The van der Waals surface area contributed by atoms with Gasteiger partial charge in [-0.2, -0.15) is 0 Å². The number of nitrogens with one attached hydrogen (secondary N) is 2. The Balaban J connectivity index is 1.99. The second-order valence-electron chi connectivity index (χ2n) is 12.2. The van der Waals surface area contributed by atoms with E-state index < -0.39 is 0 Å². The molecule has 5 heteroatoms. The van der Waals surface area contributed by atoms with E-state index >= 15 is 0 Å². The van der Waals surface area contributed by atoms with Crippen molar-refractivity contribution in [2.75, 3.05) is 13.6 Å². The van der Waals surface area contributed by atoms with Gasteiger partial charge in [0.05, 0.1) is 6.04 Å². The van der Waals surface area contributed by atoms with Gasteiger partial charge in [0, 0.05) is 34.2 Å². The molecule has 2 aliphatic heterocycles. The predicted molar refractivity (Wildman–Crippen MR) is 123 cm³/mol. The summed E-state index contributed by atoms with van der Waals surface area (Å²) in [6.45, 7) is 23.7. The summed E-state index contributed by atoms with van der Waals surface area (Å²) in [6.07, 6.45) is 4.10. The summed E-state index contributed by atoms with van der Waals surface area (Å²) in [5.41, 5.74) is 0.424. The van der Waals surface area contributed by atoms with Gasteiger partial charge in [-0.3, -0.25) is 14.6 Å². The second kappa shape index (κ2) is 8.12. The van der Waals surface area contributed by atoms with Gasteiger partial charge < -0.3 is 10.6 Å². The monoisotopic (exact) mass is 408 g/mol. The molecular formula is C24H48N4O. The van der Waals surface area contributed by atoms with Crippen molar-refractivity contribution in [1.29, 1.82) is 0 Å². The van der Waals surface area contributed by atoms with E-state index in [9.17, 15) is 4.79 Å². The van der Waals surface area contributed by atoms with E-state index in [-0.39, 0.29) is 40.1 Å². The van der Waals surface area contributed by atoms with Crippen molar-refractivity contribution in [1.82, 2.24) is 20.4 Å². The minimum Gasteiger partial charge on any atom is -0.352 e. The number of hydrogen-bond acceptors (Lipinski definition) is 4. The van der Waals surface area contributed by atoms with Crippen molar-refractivity contribution in [2.24, 2.45) is 0 Å². The van der Waals surface area contributed by atoms with Crippen molar-refractivity contribution in [3.63, 3.8) is 0 Å². The van der Waals surface area contributed by atoms with Crippen molar-refractivity contribution < 1.29 is 4.79 Å². The van der Waals surface area contributed by atoms with Crippen molar-refractivity contribution in [3.8, 4) is 0 Å². The average molecular weight is 409 g/mol. The van der Waals surface area contributed by atoms with Crippen LogP contribution in [0.25, 0.3) is 0 Å². The van der Waals surface area contributed by atoms with Crippen LogP contribution in [0.5, 0.6) is 0 Å². The van der Waals surface area contributed by atoms with Gasteiger partial charge >= 0.3 is 0 Å². The minimum atomic E-state index is -0.176. The second-order valence-corrected chi connectivity index (χ2v) is 12.2. The van der Waals surface area contributed by atoms with Crippen LogP contribution in [0.3, 0.4) is 0 Å². The van der Waals surface area contributed by atoms with Crippen molar-refractivity contribution in [3.05, 3.63) is 0 Å². The zero-order valence-corrected chi connectivity index (χ0v) is 21.1. The first-order chi connectivity index (χ1) is 13.0. The van der Waals surface area contributed by atoms with Crippen molar-refractivity contribution >= 4 is 5.91 Å². The zero-order chi connectivity index (χ0) is 22.4. The van der Waals surface area contributed by atoms with Gasteiger partial charge in [-0.15, -0.1) is 0 Å². The molecule has 0 spiro atoms. The molecule has 0 aromatic carbocycles. The third kappa shape index (κ3) is 5.34. The SMILES string of the molecule is CCN1C(C)(C)CC(NC(=O)C(C)NC2CC(C)(C)N(C)C(C)(C)C2)CC1(C)C. The summed E-state index contributed by atoms with van der Waals surface area (Å²) in [6, 6.07) is 0.405. The number of likely N-dealkylation sites (tertiary alicyclic amines) is 2. The fourth-order valence-electron chi connectivity index (χ4n) is 6.52. The first-order valence-corrected chi connectivity index (χ1v) is 11.6. The molecule has 170 valence electrons. The lowest BCUT2D eigenvalue weighted by atomic mass is 9.76. The normalized spacial score (nSPS) is 28.8. The van der Waals surface area contributed by atoms with Gasteiger partial charge in [0.25, 0.3) is 0 Å². The maximum Gasteiger partial charge on any atom is 0.237 e. The molecule has 0 saturated carbocycles. The lowest BCUT2D eigenvalue weighted by Crippen LogP contribution is -2.65. The number of piperidine rings is 2. The Labute approximate surface area is 180 Å². The summed E-state index contributed by atoms with van der Waals surface area (Å²) < 4.78 is 0. The smallest absolute Gasteiger partial charge is 0.237 e. The van der Waals surface area contributed by atoms with Crippen LogP contribution >= 0.6 is 0 Å². The van der Waals surface area contributed by atoms with Crippen LogP contribution < -0.4 is 10.6 Å². The highest BCUT2D eigenvalue weighted by molar-refractivity contribution is 5.81. The van der Waals surface area contributed by atoms with E-state index in [0.717, 1.165) is 32.2 Å². The molecule has 2 saturated heterocycles. The highest BCUT2D eigenvalue weighted by atomic mass is 16.2. The summed E-state index contributed by atoms with van der Waals surface area (Å²) >= 11 is 0. The van der Waals surface area contributed by atoms with Gasteiger partial charge in [0.15, 0.2) is 0 Å². The number of rotatable bonds is 5. The molecule has 5 nitrogen and oxygen atoms in total. The Bertz CT molecular complexity index is 560. The van der Waals surface area contributed by atoms with Gasteiger partial charge in [0.1, 0.15) is 0 Å². The molecule has 1 unspecified atom stereocenters. The van der Waals surface area contributed by atoms with E-state index in [4.69, 9.17) is 0 Å². The molecule has 0 radical (unpaired) electrons. The lowest BCUT2D eigenvalue weighted by Gasteiger charge is -2.55. The molecule has 2 fully saturated rings. The molecular weight excluding hydrogens is 360 g/mol. The Morgan fingerprint density at radius 2 is 1.28 bits per heavy atom. The van der Waals surface area contributed by atoms with Crippen LogP contribution in [0.2, 0.25) is 0 Å². The number of carbonyl (C=O) groups is 1. The van der Waals surface area contributed by atoms with Gasteiger partial charge in [-0.05, 0) is 102 Å². The standard InChI is InChI=1S/C24H48N4O/c1-12-28-23(7,8)15-19(16-24(28,9)10)26-20(29)17(2)25-18-13-21(3,4)27(11)22(5,6)14-18/h17-19,25H,12-16H2,1-11H3,(H,26,29). The van der Waals surface area contributed by atoms with E-state index in [1.54, 1.807) is 0 Å². The Morgan fingerprint density at radius 1 is 0.862 bits per heavy atom. The number of amides is 1. The van der Waals surface area contributed by atoms with Crippen LogP contribution in [0.4, 0.5) is 0 Å². The van der Waals surface area contributed by atoms with Gasteiger partial charge in [-0.25, -0.2) is 0 Å². The van der Waals surface area contributed by atoms with Crippen LogP contribution in [0, 0.1) is 0 Å². The van der Waals surface area contributed by atoms with Crippen LogP contribution in [0.1, 0.15) is 94.9 Å². The van der Waals surface area contributed by atoms with Gasteiger partial charge in [0.2, 0.25) is 5.91 Å². The van der Waals surface area contributed by atoms with E-state index in [1.807, 2.05) is 6.92 Å². The maximum absolute atomic E-state index is 13.0. The quantitative estimate of drug-likeness (QED) is 0.727. The molecule has 0 aliphatic carbocycles.